The molecule has 0 saturated carbocycles. The number of nitrogens with two attached hydrogens (primary N) is 1. The van der Waals surface area contributed by atoms with E-state index in [2.05, 4.69) is 35.5 Å². The fraction of sp³-hybridized carbons (Fsp3) is 0.250. The highest BCUT2D eigenvalue weighted by molar-refractivity contribution is 7.98. The SMILES string of the molecule is CSc1ccc(-c2c(C)nc(N)n2C)cc1. The fourth-order valence-electron chi connectivity index (χ4n) is 1.81. The molecule has 84 valence electrons. The quantitative estimate of drug-likeness (QED) is 0.811. The molecule has 1 heterocycles. The van der Waals surface area contributed by atoms with Gasteiger partial charge in [-0.3, -0.25) is 0 Å². The molecule has 0 fully saturated rings. The van der Waals surface area contributed by atoms with E-state index in [0.29, 0.717) is 5.95 Å². The molecular formula is C12H15N3S. The van der Waals surface area contributed by atoms with Crippen molar-refractivity contribution < 1.29 is 0 Å². The maximum absolute atomic E-state index is 5.78. The molecule has 3 nitrogen and oxygen atoms in total. The molecule has 16 heavy (non-hydrogen) atoms. The molecule has 0 radical (unpaired) electrons. The van der Waals surface area contributed by atoms with Crippen molar-refractivity contribution in [1.29, 1.82) is 0 Å². The van der Waals surface area contributed by atoms with E-state index >= 15 is 0 Å². The Hall–Kier alpha value is -1.42. The lowest BCUT2D eigenvalue weighted by Crippen LogP contribution is -1.98. The number of aromatic nitrogens is 2. The van der Waals surface area contributed by atoms with Gasteiger partial charge in [-0.05, 0) is 25.3 Å². The minimum Gasteiger partial charge on any atom is -0.369 e. The molecule has 0 amide bonds. The molecule has 0 spiro atoms. The normalized spacial score (nSPS) is 10.7. The zero-order valence-electron chi connectivity index (χ0n) is 9.69. The minimum atomic E-state index is 0.557. The number of rotatable bonds is 2. The van der Waals surface area contributed by atoms with Crippen molar-refractivity contribution in [2.24, 2.45) is 7.05 Å². The van der Waals surface area contributed by atoms with Gasteiger partial charge in [-0.2, -0.15) is 0 Å². The number of hydrogen-bond donors (Lipinski definition) is 1. The van der Waals surface area contributed by atoms with Gasteiger partial charge in [0.25, 0.3) is 0 Å². The first kappa shape index (κ1) is 11.1. The number of hydrogen-bond acceptors (Lipinski definition) is 3. The Kier molecular flexibility index (Phi) is 2.92. The van der Waals surface area contributed by atoms with E-state index in [-0.39, 0.29) is 0 Å². The Morgan fingerprint density at radius 1 is 1.25 bits per heavy atom. The second kappa shape index (κ2) is 4.22. The predicted molar refractivity (Wildman–Crippen MR) is 69.6 cm³/mol. The fourth-order valence-corrected chi connectivity index (χ4v) is 2.22. The number of benzene rings is 1. The predicted octanol–water partition coefficient (Wildman–Crippen LogP) is 2.70. The van der Waals surface area contributed by atoms with Crippen LogP contribution in [-0.2, 0) is 7.05 Å². The molecule has 1 aromatic carbocycles. The Bertz CT molecular complexity index is 500. The van der Waals surface area contributed by atoms with E-state index in [0.717, 1.165) is 17.0 Å². The molecule has 0 saturated heterocycles. The summed E-state index contributed by atoms with van der Waals surface area (Å²) in [6.45, 7) is 1.98. The van der Waals surface area contributed by atoms with Gasteiger partial charge in [0, 0.05) is 17.5 Å². The van der Waals surface area contributed by atoms with Crippen LogP contribution in [0.25, 0.3) is 11.3 Å². The number of aryl methyl sites for hydroxylation is 1. The van der Waals surface area contributed by atoms with E-state index in [1.54, 1.807) is 11.8 Å². The van der Waals surface area contributed by atoms with Gasteiger partial charge in [-0.1, -0.05) is 12.1 Å². The van der Waals surface area contributed by atoms with Crippen LogP contribution in [0.1, 0.15) is 5.69 Å². The van der Waals surface area contributed by atoms with Gasteiger partial charge in [-0.25, -0.2) is 4.98 Å². The first-order valence-corrected chi connectivity index (χ1v) is 6.29. The van der Waals surface area contributed by atoms with Gasteiger partial charge in [0.15, 0.2) is 0 Å². The lowest BCUT2D eigenvalue weighted by molar-refractivity contribution is 0.937. The molecule has 1 aromatic heterocycles. The Labute approximate surface area is 99.7 Å². The first-order chi connectivity index (χ1) is 7.63. The van der Waals surface area contributed by atoms with E-state index in [1.807, 2.05) is 18.5 Å². The standard InChI is InChI=1S/C12H15N3S/c1-8-11(15(2)12(13)14-8)9-4-6-10(16-3)7-5-9/h4-7H,1-3H3,(H2,13,14). The van der Waals surface area contributed by atoms with Crippen molar-refractivity contribution in [3.63, 3.8) is 0 Å². The maximum atomic E-state index is 5.78. The van der Waals surface area contributed by atoms with E-state index in [4.69, 9.17) is 5.73 Å². The largest absolute Gasteiger partial charge is 0.369 e. The summed E-state index contributed by atoms with van der Waals surface area (Å²) in [6, 6.07) is 8.44. The summed E-state index contributed by atoms with van der Waals surface area (Å²) < 4.78 is 1.92. The minimum absolute atomic E-state index is 0.557. The van der Waals surface area contributed by atoms with E-state index in [1.165, 1.54) is 4.90 Å². The molecule has 2 aromatic rings. The van der Waals surface area contributed by atoms with Crippen LogP contribution in [0.2, 0.25) is 0 Å². The van der Waals surface area contributed by atoms with Crippen molar-refractivity contribution in [1.82, 2.24) is 9.55 Å². The molecule has 0 aliphatic rings. The third kappa shape index (κ3) is 1.80. The summed E-state index contributed by atoms with van der Waals surface area (Å²) >= 11 is 1.74. The molecular weight excluding hydrogens is 218 g/mol. The lowest BCUT2D eigenvalue weighted by atomic mass is 10.1. The van der Waals surface area contributed by atoms with Gasteiger partial charge in [0.2, 0.25) is 5.95 Å². The van der Waals surface area contributed by atoms with Crippen LogP contribution in [0.4, 0.5) is 5.95 Å². The highest BCUT2D eigenvalue weighted by Gasteiger charge is 2.10. The third-order valence-electron chi connectivity index (χ3n) is 2.67. The van der Waals surface area contributed by atoms with Crippen molar-refractivity contribution in [2.45, 2.75) is 11.8 Å². The van der Waals surface area contributed by atoms with Gasteiger partial charge < -0.3 is 10.3 Å². The molecule has 4 heteroatoms. The third-order valence-corrected chi connectivity index (χ3v) is 3.41. The number of anilines is 1. The number of nitrogens with zero attached hydrogens (tertiary/aromatic N) is 2. The van der Waals surface area contributed by atoms with Gasteiger partial charge >= 0.3 is 0 Å². The molecule has 0 atom stereocenters. The highest BCUT2D eigenvalue weighted by atomic mass is 32.2. The van der Waals surface area contributed by atoms with Crippen molar-refractivity contribution in [3.8, 4) is 11.3 Å². The Morgan fingerprint density at radius 3 is 2.31 bits per heavy atom. The highest BCUT2D eigenvalue weighted by Crippen LogP contribution is 2.26. The number of thioether (sulfide) groups is 1. The smallest absolute Gasteiger partial charge is 0.200 e. The molecule has 2 rings (SSSR count). The van der Waals surface area contributed by atoms with Crippen molar-refractivity contribution >= 4 is 17.7 Å². The summed E-state index contributed by atoms with van der Waals surface area (Å²) in [4.78, 5) is 5.53. The molecule has 2 N–H and O–H groups in total. The Balaban J connectivity index is 2.50. The summed E-state index contributed by atoms with van der Waals surface area (Å²) in [7, 11) is 1.94. The molecule has 0 aliphatic carbocycles. The van der Waals surface area contributed by atoms with Crippen LogP contribution in [0, 0.1) is 6.92 Å². The lowest BCUT2D eigenvalue weighted by Gasteiger charge is -2.05. The van der Waals surface area contributed by atoms with Gasteiger partial charge in [-0.15, -0.1) is 11.8 Å². The molecule has 0 aliphatic heterocycles. The van der Waals surface area contributed by atoms with Crippen LogP contribution in [0.15, 0.2) is 29.2 Å². The van der Waals surface area contributed by atoms with Crippen LogP contribution < -0.4 is 5.73 Å². The topological polar surface area (TPSA) is 43.8 Å². The number of nitrogen functional groups attached to an aromatic ring is 1. The van der Waals surface area contributed by atoms with Crippen LogP contribution in [0.3, 0.4) is 0 Å². The second-order valence-corrected chi connectivity index (χ2v) is 4.57. The summed E-state index contributed by atoms with van der Waals surface area (Å²) in [6.07, 6.45) is 2.07. The first-order valence-electron chi connectivity index (χ1n) is 5.06. The zero-order valence-corrected chi connectivity index (χ0v) is 10.5. The average molecular weight is 233 g/mol. The molecule has 0 unspecified atom stereocenters. The number of imidazole rings is 1. The van der Waals surface area contributed by atoms with Crippen molar-refractivity contribution in [3.05, 3.63) is 30.0 Å². The van der Waals surface area contributed by atoms with Gasteiger partial charge in [0.1, 0.15) is 0 Å². The van der Waals surface area contributed by atoms with E-state index in [9.17, 15) is 0 Å². The Morgan fingerprint density at radius 2 is 1.88 bits per heavy atom. The summed E-state index contributed by atoms with van der Waals surface area (Å²) in [5.41, 5.74) is 8.99. The zero-order chi connectivity index (χ0) is 11.7. The van der Waals surface area contributed by atoms with Crippen molar-refractivity contribution in [2.75, 3.05) is 12.0 Å². The second-order valence-electron chi connectivity index (χ2n) is 3.69. The van der Waals surface area contributed by atoms with Gasteiger partial charge in [0.05, 0.1) is 11.4 Å². The van der Waals surface area contributed by atoms with Crippen LogP contribution in [-0.4, -0.2) is 15.8 Å². The summed E-state index contributed by atoms with van der Waals surface area (Å²) in [5.74, 6) is 0.557. The monoisotopic (exact) mass is 233 g/mol. The summed E-state index contributed by atoms with van der Waals surface area (Å²) in [5, 5.41) is 0. The van der Waals surface area contributed by atoms with Crippen LogP contribution >= 0.6 is 11.8 Å². The van der Waals surface area contributed by atoms with E-state index < -0.39 is 0 Å². The average Bonchev–Trinajstić information content (AvgIpc) is 2.54. The maximum Gasteiger partial charge on any atom is 0.200 e. The van der Waals surface area contributed by atoms with Crippen LogP contribution in [0.5, 0.6) is 0 Å². The molecule has 0 bridgehead atoms.